The predicted molar refractivity (Wildman–Crippen MR) is 98.4 cm³/mol. The molecule has 2 aromatic rings. The molecular formula is C19H20FN3O3. The van der Waals surface area contributed by atoms with E-state index in [-0.39, 0.29) is 30.7 Å². The molecule has 2 rings (SSSR count). The zero-order valence-electron chi connectivity index (χ0n) is 14.6. The second-order valence-corrected chi connectivity index (χ2v) is 5.71. The van der Waals surface area contributed by atoms with E-state index in [9.17, 15) is 18.8 Å². The van der Waals surface area contributed by atoms with Crippen LogP contribution in [-0.2, 0) is 14.4 Å². The fourth-order valence-corrected chi connectivity index (χ4v) is 2.43. The minimum atomic E-state index is -0.442. The summed E-state index contributed by atoms with van der Waals surface area (Å²) in [5.41, 5.74) is 1.49. The van der Waals surface area contributed by atoms with E-state index in [1.165, 1.54) is 36.9 Å². The van der Waals surface area contributed by atoms with Crippen LogP contribution in [-0.4, -0.2) is 24.3 Å². The van der Waals surface area contributed by atoms with Crippen molar-refractivity contribution in [2.75, 3.05) is 22.1 Å². The van der Waals surface area contributed by atoms with Crippen molar-refractivity contribution in [1.29, 1.82) is 0 Å². The molecule has 0 saturated carbocycles. The topological polar surface area (TPSA) is 78.5 Å². The summed E-state index contributed by atoms with van der Waals surface area (Å²) in [6.07, 6.45) is 0.0421. The van der Waals surface area contributed by atoms with Crippen LogP contribution in [0.25, 0.3) is 0 Å². The van der Waals surface area contributed by atoms with Crippen molar-refractivity contribution in [1.82, 2.24) is 0 Å². The molecule has 0 aliphatic rings. The summed E-state index contributed by atoms with van der Waals surface area (Å²) in [6, 6.07) is 12.4. The molecule has 0 aliphatic heterocycles. The lowest BCUT2D eigenvalue weighted by atomic mass is 10.2. The third-order valence-corrected chi connectivity index (χ3v) is 3.53. The number of anilines is 3. The standard InChI is InChI=1S/C19H20FN3O3/c1-13(24)21-17-7-4-8-18(12-17)23(14(2)25)10-9-19(26)22-16-6-3-5-15(20)11-16/h3-8,11-12H,9-10H2,1-2H3,(H,21,24)(H,22,26). The number of nitrogens with zero attached hydrogens (tertiary/aromatic N) is 1. The van der Waals surface area contributed by atoms with Crippen LogP contribution in [0.4, 0.5) is 21.5 Å². The van der Waals surface area contributed by atoms with E-state index in [1.54, 1.807) is 30.3 Å². The van der Waals surface area contributed by atoms with Crippen molar-refractivity contribution in [3.8, 4) is 0 Å². The molecule has 0 spiro atoms. The Kier molecular flexibility index (Phi) is 6.43. The van der Waals surface area contributed by atoms with Crippen molar-refractivity contribution in [2.24, 2.45) is 0 Å². The van der Waals surface area contributed by atoms with Gasteiger partial charge in [0.25, 0.3) is 0 Å². The Morgan fingerprint density at radius 3 is 2.23 bits per heavy atom. The van der Waals surface area contributed by atoms with Gasteiger partial charge in [-0.25, -0.2) is 4.39 Å². The minimum Gasteiger partial charge on any atom is -0.326 e. The normalized spacial score (nSPS) is 10.1. The van der Waals surface area contributed by atoms with Crippen LogP contribution in [0.1, 0.15) is 20.3 Å². The van der Waals surface area contributed by atoms with Gasteiger partial charge in [0.05, 0.1) is 0 Å². The number of carbonyl (C=O) groups is 3. The number of rotatable bonds is 6. The Labute approximate surface area is 151 Å². The van der Waals surface area contributed by atoms with E-state index in [0.717, 1.165) is 0 Å². The average Bonchev–Trinajstić information content (AvgIpc) is 2.54. The third kappa shape index (κ3) is 5.70. The van der Waals surface area contributed by atoms with Gasteiger partial charge in [-0.1, -0.05) is 12.1 Å². The van der Waals surface area contributed by atoms with Crippen LogP contribution in [0.3, 0.4) is 0 Å². The highest BCUT2D eigenvalue weighted by Crippen LogP contribution is 2.20. The van der Waals surface area contributed by atoms with E-state index < -0.39 is 5.82 Å². The molecule has 3 amide bonds. The molecule has 136 valence electrons. The fraction of sp³-hybridized carbons (Fsp3) is 0.211. The molecule has 7 heteroatoms. The maximum Gasteiger partial charge on any atom is 0.226 e. The van der Waals surface area contributed by atoms with E-state index >= 15 is 0 Å². The van der Waals surface area contributed by atoms with Crippen molar-refractivity contribution in [3.63, 3.8) is 0 Å². The van der Waals surface area contributed by atoms with Gasteiger partial charge < -0.3 is 15.5 Å². The largest absolute Gasteiger partial charge is 0.326 e. The SMILES string of the molecule is CC(=O)Nc1cccc(N(CCC(=O)Nc2cccc(F)c2)C(C)=O)c1. The van der Waals surface area contributed by atoms with E-state index in [1.807, 2.05) is 0 Å². The van der Waals surface area contributed by atoms with Gasteiger partial charge in [-0.05, 0) is 36.4 Å². The number of halogens is 1. The third-order valence-electron chi connectivity index (χ3n) is 3.53. The lowest BCUT2D eigenvalue weighted by Crippen LogP contribution is -2.32. The van der Waals surface area contributed by atoms with Gasteiger partial charge in [0.15, 0.2) is 0 Å². The Bertz CT molecular complexity index is 823. The van der Waals surface area contributed by atoms with Crippen molar-refractivity contribution in [2.45, 2.75) is 20.3 Å². The number of carbonyl (C=O) groups excluding carboxylic acids is 3. The summed E-state index contributed by atoms with van der Waals surface area (Å²) >= 11 is 0. The molecule has 2 aromatic carbocycles. The second-order valence-electron chi connectivity index (χ2n) is 5.71. The summed E-state index contributed by atoms with van der Waals surface area (Å²) < 4.78 is 13.2. The average molecular weight is 357 g/mol. The molecule has 0 aromatic heterocycles. The highest BCUT2D eigenvalue weighted by atomic mass is 19.1. The van der Waals surface area contributed by atoms with Gasteiger partial charge in [0.1, 0.15) is 5.82 Å². The Morgan fingerprint density at radius 2 is 1.62 bits per heavy atom. The first-order valence-corrected chi connectivity index (χ1v) is 8.06. The van der Waals surface area contributed by atoms with E-state index in [2.05, 4.69) is 10.6 Å². The molecular weight excluding hydrogens is 337 g/mol. The van der Waals surface area contributed by atoms with Gasteiger partial charge in [0, 0.05) is 43.9 Å². The lowest BCUT2D eigenvalue weighted by Gasteiger charge is -2.21. The number of amides is 3. The highest BCUT2D eigenvalue weighted by molar-refractivity contribution is 5.96. The van der Waals surface area contributed by atoms with Crippen LogP contribution in [0.5, 0.6) is 0 Å². The molecule has 0 atom stereocenters. The summed E-state index contributed by atoms with van der Waals surface area (Å²) in [5, 5.41) is 5.24. The summed E-state index contributed by atoms with van der Waals surface area (Å²) in [5.74, 6) is -1.22. The van der Waals surface area contributed by atoms with Crippen LogP contribution in [0.2, 0.25) is 0 Å². The molecule has 6 nitrogen and oxygen atoms in total. The van der Waals surface area contributed by atoms with E-state index in [4.69, 9.17) is 0 Å². The van der Waals surface area contributed by atoms with Gasteiger partial charge in [-0.3, -0.25) is 14.4 Å². The van der Waals surface area contributed by atoms with Crippen LogP contribution in [0, 0.1) is 5.82 Å². The van der Waals surface area contributed by atoms with Crippen molar-refractivity contribution < 1.29 is 18.8 Å². The summed E-state index contributed by atoms with van der Waals surface area (Å²) in [6.45, 7) is 2.95. The number of benzene rings is 2. The van der Waals surface area contributed by atoms with Gasteiger partial charge in [0.2, 0.25) is 17.7 Å². The molecule has 0 saturated heterocycles. The van der Waals surface area contributed by atoms with Crippen molar-refractivity contribution >= 4 is 34.8 Å². The predicted octanol–water partition coefficient (Wildman–Crippen LogP) is 3.17. The summed E-state index contributed by atoms with van der Waals surface area (Å²) in [7, 11) is 0. The van der Waals surface area contributed by atoms with Crippen LogP contribution in [0.15, 0.2) is 48.5 Å². The second kappa shape index (κ2) is 8.75. The first-order valence-electron chi connectivity index (χ1n) is 8.06. The molecule has 26 heavy (non-hydrogen) atoms. The molecule has 0 fully saturated rings. The highest BCUT2D eigenvalue weighted by Gasteiger charge is 2.14. The molecule has 0 aliphatic carbocycles. The lowest BCUT2D eigenvalue weighted by molar-refractivity contribution is -0.117. The van der Waals surface area contributed by atoms with Crippen LogP contribution < -0.4 is 15.5 Å². The first kappa shape index (κ1) is 19.1. The van der Waals surface area contributed by atoms with Gasteiger partial charge in [-0.15, -0.1) is 0 Å². The zero-order chi connectivity index (χ0) is 19.1. The molecule has 0 bridgehead atoms. The Morgan fingerprint density at radius 1 is 0.962 bits per heavy atom. The monoisotopic (exact) mass is 357 g/mol. The summed E-state index contributed by atoms with van der Waals surface area (Å²) in [4.78, 5) is 36.6. The zero-order valence-corrected chi connectivity index (χ0v) is 14.6. The van der Waals surface area contributed by atoms with Gasteiger partial charge >= 0.3 is 0 Å². The van der Waals surface area contributed by atoms with Crippen molar-refractivity contribution in [3.05, 3.63) is 54.3 Å². The molecule has 0 heterocycles. The first-order chi connectivity index (χ1) is 12.3. The fourth-order valence-electron chi connectivity index (χ4n) is 2.43. The van der Waals surface area contributed by atoms with Crippen LogP contribution >= 0.6 is 0 Å². The maximum absolute atomic E-state index is 13.2. The van der Waals surface area contributed by atoms with Gasteiger partial charge in [-0.2, -0.15) is 0 Å². The quantitative estimate of drug-likeness (QED) is 0.833. The van der Waals surface area contributed by atoms with E-state index in [0.29, 0.717) is 17.1 Å². The Hall–Kier alpha value is -3.22. The molecule has 0 radical (unpaired) electrons. The Balaban J connectivity index is 2.03. The minimum absolute atomic E-state index is 0.0421. The smallest absolute Gasteiger partial charge is 0.226 e. The molecule has 0 unspecified atom stereocenters. The number of nitrogens with one attached hydrogen (secondary N) is 2. The number of hydrogen-bond acceptors (Lipinski definition) is 3. The number of hydrogen-bond donors (Lipinski definition) is 2. The molecule has 2 N–H and O–H groups in total. The maximum atomic E-state index is 13.2.